The molecule has 4 aromatic rings. The number of rotatable bonds is 1. The number of fused-ring (bicyclic) bond motifs is 8. The van der Waals surface area contributed by atoms with Crippen LogP contribution in [0.25, 0.3) is 32.7 Å². The maximum Gasteiger partial charge on any atom is 0.194 e. The van der Waals surface area contributed by atoms with Crippen LogP contribution in [0, 0.1) is 0 Å². The lowest BCUT2D eigenvalue weighted by Crippen LogP contribution is -1.97. The third-order valence-corrected chi connectivity index (χ3v) is 4.85. The first-order valence-electron chi connectivity index (χ1n) is 7.87. The number of benzene rings is 4. The van der Waals surface area contributed by atoms with Crippen LogP contribution >= 0.6 is 0 Å². The van der Waals surface area contributed by atoms with E-state index in [-0.39, 0.29) is 5.78 Å². The van der Waals surface area contributed by atoms with E-state index >= 15 is 0 Å². The summed E-state index contributed by atoms with van der Waals surface area (Å²) in [5.41, 5.74) is 4.13. The maximum absolute atomic E-state index is 13.0. The molecule has 0 heterocycles. The smallest absolute Gasteiger partial charge is 0.194 e. The van der Waals surface area contributed by atoms with Gasteiger partial charge in [0, 0.05) is 22.3 Å². The Hall–Kier alpha value is -3.26. The van der Waals surface area contributed by atoms with E-state index in [9.17, 15) is 9.59 Å². The van der Waals surface area contributed by atoms with E-state index in [1.807, 2.05) is 48.5 Å². The average molecular weight is 308 g/mol. The molecule has 2 heteroatoms. The second-order valence-electron chi connectivity index (χ2n) is 6.09. The summed E-state index contributed by atoms with van der Waals surface area (Å²) in [7, 11) is 0. The van der Waals surface area contributed by atoms with Crippen LogP contribution in [0.2, 0.25) is 0 Å². The highest BCUT2D eigenvalue weighted by atomic mass is 16.1. The highest BCUT2D eigenvalue weighted by Crippen LogP contribution is 2.45. The van der Waals surface area contributed by atoms with E-state index < -0.39 is 0 Å². The summed E-state index contributed by atoms with van der Waals surface area (Å²) in [5, 5.41) is 3.99. The van der Waals surface area contributed by atoms with Crippen molar-refractivity contribution in [1.29, 1.82) is 0 Å². The van der Waals surface area contributed by atoms with Gasteiger partial charge in [-0.05, 0) is 33.2 Å². The summed E-state index contributed by atoms with van der Waals surface area (Å²) in [6.45, 7) is 0. The van der Waals surface area contributed by atoms with Gasteiger partial charge in [-0.1, -0.05) is 60.7 Å². The van der Waals surface area contributed by atoms with Gasteiger partial charge in [0.1, 0.15) is 6.29 Å². The van der Waals surface area contributed by atoms with Gasteiger partial charge in [-0.3, -0.25) is 9.59 Å². The Morgan fingerprint density at radius 1 is 0.625 bits per heavy atom. The lowest BCUT2D eigenvalue weighted by Gasteiger charge is -2.11. The van der Waals surface area contributed by atoms with E-state index in [0.717, 1.165) is 50.1 Å². The molecule has 0 aromatic heterocycles. The lowest BCUT2D eigenvalue weighted by molar-refractivity contribution is 0.104. The third-order valence-electron chi connectivity index (χ3n) is 4.85. The van der Waals surface area contributed by atoms with Gasteiger partial charge in [0.25, 0.3) is 0 Å². The van der Waals surface area contributed by atoms with Gasteiger partial charge in [0.15, 0.2) is 5.78 Å². The van der Waals surface area contributed by atoms with Crippen molar-refractivity contribution in [2.24, 2.45) is 0 Å². The van der Waals surface area contributed by atoms with Gasteiger partial charge in [-0.2, -0.15) is 0 Å². The van der Waals surface area contributed by atoms with Crippen molar-refractivity contribution >= 4 is 33.6 Å². The Morgan fingerprint density at radius 2 is 1.29 bits per heavy atom. The number of ketones is 1. The van der Waals surface area contributed by atoms with Crippen molar-refractivity contribution in [3.8, 4) is 11.1 Å². The molecule has 2 nitrogen and oxygen atoms in total. The van der Waals surface area contributed by atoms with Gasteiger partial charge >= 0.3 is 0 Å². The van der Waals surface area contributed by atoms with E-state index in [0.29, 0.717) is 5.56 Å². The van der Waals surface area contributed by atoms with E-state index in [2.05, 4.69) is 12.1 Å². The molecule has 112 valence electrons. The molecule has 0 spiro atoms. The van der Waals surface area contributed by atoms with Gasteiger partial charge in [0.2, 0.25) is 0 Å². The molecule has 0 unspecified atom stereocenters. The Kier molecular flexibility index (Phi) is 2.54. The van der Waals surface area contributed by atoms with Crippen LogP contribution in [0.4, 0.5) is 0 Å². The van der Waals surface area contributed by atoms with Crippen LogP contribution in [0.5, 0.6) is 0 Å². The zero-order chi connectivity index (χ0) is 16.3. The third kappa shape index (κ3) is 1.55. The Balaban J connectivity index is 2.08. The first-order valence-corrected chi connectivity index (χ1v) is 7.87. The molecule has 0 N–H and O–H groups in total. The van der Waals surface area contributed by atoms with Gasteiger partial charge < -0.3 is 0 Å². The van der Waals surface area contributed by atoms with E-state index in [1.54, 1.807) is 6.07 Å². The molecule has 0 amide bonds. The standard InChI is InChI=1S/C22H12O2/c23-12-13-9-10-17-19(11-13)14-5-1-2-6-15(14)20-16-7-3-4-8-18(16)22(24)21(17)20/h1-12H. The number of hydrogen-bond acceptors (Lipinski definition) is 2. The maximum atomic E-state index is 13.0. The molecule has 0 saturated heterocycles. The minimum Gasteiger partial charge on any atom is -0.298 e. The molecule has 0 radical (unpaired) electrons. The molecule has 0 aliphatic heterocycles. The fraction of sp³-hybridized carbons (Fsp3) is 0. The lowest BCUT2D eigenvalue weighted by atomic mass is 9.91. The van der Waals surface area contributed by atoms with Crippen LogP contribution in [-0.4, -0.2) is 12.1 Å². The summed E-state index contributed by atoms with van der Waals surface area (Å²) in [6, 6.07) is 21.4. The summed E-state index contributed by atoms with van der Waals surface area (Å²) >= 11 is 0. The van der Waals surface area contributed by atoms with E-state index in [4.69, 9.17) is 0 Å². The highest BCUT2D eigenvalue weighted by Gasteiger charge is 2.30. The van der Waals surface area contributed by atoms with Crippen molar-refractivity contribution in [3.05, 3.63) is 83.4 Å². The SMILES string of the molecule is O=Cc1ccc2c3c(c4ccccc4c2c1)-c1ccccc1C3=O. The van der Waals surface area contributed by atoms with Gasteiger partial charge in [-0.15, -0.1) is 0 Å². The molecule has 1 aliphatic carbocycles. The normalized spacial score (nSPS) is 12.4. The van der Waals surface area contributed by atoms with Crippen LogP contribution in [-0.2, 0) is 0 Å². The van der Waals surface area contributed by atoms with Crippen molar-refractivity contribution in [1.82, 2.24) is 0 Å². The summed E-state index contributed by atoms with van der Waals surface area (Å²) < 4.78 is 0. The molecule has 5 rings (SSSR count). The first kappa shape index (κ1) is 13.2. The number of hydrogen-bond donors (Lipinski definition) is 0. The van der Waals surface area contributed by atoms with Crippen molar-refractivity contribution in [3.63, 3.8) is 0 Å². The minimum atomic E-state index is 0.0650. The molecule has 0 bridgehead atoms. The van der Waals surface area contributed by atoms with Crippen LogP contribution < -0.4 is 0 Å². The largest absolute Gasteiger partial charge is 0.298 e. The Morgan fingerprint density at radius 3 is 2.08 bits per heavy atom. The minimum absolute atomic E-state index is 0.0650. The molecular formula is C22H12O2. The molecule has 0 saturated carbocycles. The quantitative estimate of drug-likeness (QED) is 0.322. The molecule has 4 aromatic carbocycles. The number of carbonyl (C=O) groups is 2. The van der Waals surface area contributed by atoms with Crippen LogP contribution in [0.1, 0.15) is 26.3 Å². The Labute approximate surface area is 138 Å². The average Bonchev–Trinajstić information content (AvgIpc) is 2.95. The zero-order valence-corrected chi connectivity index (χ0v) is 12.7. The summed E-state index contributed by atoms with van der Waals surface area (Å²) in [4.78, 5) is 24.2. The number of carbonyl (C=O) groups excluding carboxylic acids is 2. The van der Waals surface area contributed by atoms with Crippen molar-refractivity contribution in [2.75, 3.05) is 0 Å². The van der Waals surface area contributed by atoms with Crippen LogP contribution in [0.3, 0.4) is 0 Å². The fourth-order valence-electron chi connectivity index (χ4n) is 3.83. The summed E-state index contributed by atoms with van der Waals surface area (Å²) in [6.07, 6.45) is 0.845. The zero-order valence-electron chi connectivity index (χ0n) is 12.7. The number of aldehydes is 1. The predicted molar refractivity (Wildman–Crippen MR) is 95.7 cm³/mol. The van der Waals surface area contributed by atoms with Gasteiger partial charge in [-0.25, -0.2) is 0 Å². The van der Waals surface area contributed by atoms with Crippen LogP contribution in [0.15, 0.2) is 66.7 Å². The molecule has 24 heavy (non-hydrogen) atoms. The summed E-state index contributed by atoms with van der Waals surface area (Å²) in [5.74, 6) is 0.0650. The van der Waals surface area contributed by atoms with Crippen molar-refractivity contribution in [2.45, 2.75) is 0 Å². The monoisotopic (exact) mass is 308 g/mol. The molecule has 0 atom stereocenters. The molecule has 0 fully saturated rings. The predicted octanol–water partition coefficient (Wildman–Crippen LogP) is 5.02. The highest BCUT2D eigenvalue weighted by molar-refractivity contribution is 6.34. The van der Waals surface area contributed by atoms with Gasteiger partial charge in [0.05, 0.1) is 0 Å². The molecular weight excluding hydrogens is 296 g/mol. The molecule has 1 aliphatic rings. The Bertz CT molecular complexity index is 1190. The second-order valence-corrected chi connectivity index (χ2v) is 6.09. The van der Waals surface area contributed by atoms with Crippen molar-refractivity contribution < 1.29 is 9.59 Å². The topological polar surface area (TPSA) is 34.1 Å². The van der Waals surface area contributed by atoms with E-state index in [1.165, 1.54) is 0 Å². The first-order chi connectivity index (χ1) is 11.8. The fourth-order valence-corrected chi connectivity index (χ4v) is 3.83. The second kappa shape index (κ2) is 4.62.